The average Bonchev–Trinajstić information content (AvgIpc) is 2.94. The molecule has 1 aliphatic rings. The van der Waals surface area contributed by atoms with E-state index in [1.807, 2.05) is 6.92 Å². The van der Waals surface area contributed by atoms with E-state index >= 15 is 0 Å². The highest BCUT2D eigenvalue weighted by Gasteiger charge is 2.55. The summed E-state index contributed by atoms with van der Waals surface area (Å²) in [5.41, 5.74) is -1.41. The molecular weight excluding hydrogens is 536 g/mol. The minimum absolute atomic E-state index is 0. The van der Waals surface area contributed by atoms with Gasteiger partial charge >= 0.3 is 17.9 Å². The van der Waals surface area contributed by atoms with Crippen LogP contribution in [-0.4, -0.2) is 56.2 Å². The number of unbranched alkanes of at least 4 members (excludes halogenated alkanes) is 4. The van der Waals surface area contributed by atoms with Crippen molar-refractivity contribution in [2.45, 2.75) is 145 Å². The van der Waals surface area contributed by atoms with Gasteiger partial charge in [-0.2, -0.15) is 0 Å². The van der Waals surface area contributed by atoms with Gasteiger partial charge in [0.25, 0.3) is 0 Å². The van der Waals surface area contributed by atoms with Crippen LogP contribution in [-0.2, 0) is 38.1 Å². The molecular formula is C34H62O8. The van der Waals surface area contributed by atoms with Crippen LogP contribution in [0.15, 0.2) is 24.3 Å². The van der Waals surface area contributed by atoms with Crippen molar-refractivity contribution >= 4 is 24.2 Å². The van der Waals surface area contributed by atoms with Gasteiger partial charge in [0.15, 0.2) is 6.10 Å². The molecule has 4 atom stereocenters. The van der Waals surface area contributed by atoms with E-state index in [1.165, 1.54) is 39.6 Å². The zero-order valence-electron chi connectivity index (χ0n) is 27.5. The van der Waals surface area contributed by atoms with E-state index in [9.17, 15) is 19.2 Å². The van der Waals surface area contributed by atoms with Crippen LogP contribution < -0.4 is 0 Å². The number of allylic oxidation sites excluding steroid dienone is 1. The molecule has 1 aliphatic heterocycles. The normalized spacial score (nSPS) is 21.1. The first-order valence-corrected chi connectivity index (χ1v) is 15.0. The maximum absolute atomic E-state index is 12.1. The quantitative estimate of drug-likeness (QED) is 0.0495. The van der Waals surface area contributed by atoms with Gasteiger partial charge in [-0.05, 0) is 44.6 Å². The molecule has 0 bridgehead atoms. The number of methoxy groups -OCH3 is 2. The summed E-state index contributed by atoms with van der Waals surface area (Å²) in [6.07, 6.45) is 11.8. The van der Waals surface area contributed by atoms with Crippen molar-refractivity contribution < 1.29 is 38.1 Å². The minimum atomic E-state index is -1.10. The van der Waals surface area contributed by atoms with Crippen molar-refractivity contribution in [3.8, 4) is 0 Å². The molecule has 1 fully saturated rings. The largest absolute Gasteiger partial charge is 0.469 e. The van der Waals surface area contributed by atoms with Gasteiger partial charge in [-0.3, -0.25) is 9.59 Å². The summed E-state index contributed by atoms with van der Waals surface area (Å²) in [6.45, 7) is 18.7. The van der Waals surface area contributed by atoms with Gasteiger partial charge in [-0.1, -0.05) is 87.1 Å². The number of hydrogen-bond acceptors (Lipinski definition) is 8. The lowest BCUT2D eigenvalue weighted by atomic mass is 9.68. The molecule has 246 valence electrons. The van der Waals surface area contributed by atoms with E-state index in [1.54, 1.807) is 33.8 Å². The van der Waals surface area contributed by atoms with Crippen LogP contribution in [0, 0.1) is 11.3 Å². The lowest BCUT2D eigenvalue weighted by molar-refractivity contribution is -0.220. The van der Waals surface area contributed by atoms with Gasteiger partial charge < -0.3 is 23.7 Å². The summed E-state index contributed by atoms with van der Waals surface area (Å²) in [5.74, 6) is -0.583. The number of aldehydes is 1. The Morgan fingerprint density at radius 1 is 1.07 bits per heavy atom. The van der Waals surface area contributed by atoms with Crippen LogP contribution >= 0.6 is 0 Å². The molecule has 0 saturated carbocycles. The van der Waals surface area contributed by atoms with Gasteiger partial charge in [-0.15, -0.1) is 6.58 Å². The fourth-order valence-corrected chi connectivity index (χ4v) is 4.25. The van der Waals surface area contributed by atoms with Crippen LogP contribution in [0.3, 0.4) is 0 Å². The minimum Gasteiger partial charge on any atom is -0.469 e. The Labute approximate surface area is 257 Å². The van der Waals surface area contributed by atoms with E-state index in [2.05, 4.69) is 32.1 Å². The molecule has 1 rings (SSSR count). The topological polar surface area (TPSA) is 105 Å². The maximum atomic E-state index is 12.1. The zero-order chi connectivity index (χ0) is 32.1. The second-order valence-corrected chi connectivity index (χ2v) is 11.3. The SMILES string of the molecule is C.C=CC.CCC(=O)O[C@H]1/C(=C/C(=O)OC)C[C@@H](CC(C)CC)O[C@@]1(C)C(C)(C)C=O.CCCCCCCC(=O)OC. The molecule has 0 N–H and O–H groups in total. The molecule has 0 amide bonds. The predicted octanol–water partition coefficient (Wildman–Crippen LogP) is 7.96. The van der Waals surface area contributed by atoms with Crippen LogP contribution in [0.4, 0.5) is 0 Å². The Balaban J connectivity index is -0.000000848. The molecule has 1 saturated heterocycles. The summed E-state index contributed by atoms with van der Waals surface area (Å²) < 4.78 is 21.4. The fourth-order valence-electron chi connectivity index (χ4n) is 4.25. The molecule has 0 aliphatic carbocycles. The third kappa shape index (κ3) is 16.2. The van der Waals surface area contributed by atoms with E-state index in [-0.39, 0.29) is 25.9 Å². The summed E-state index contributed by atoms with van der Waals surface area (Å²) in [4.78, 5) is 46.5. The van der Waals surface area contributed by atoms with Gasteiger partial charge in [0.2, 0.25) is 0 Å². The first-order valence-electron chi connectivity index (χ1n) is 15.0. The summed E-state index contributed by atoms with van der Waals surface area (Å²) in [5, 5.41) is 0. The molecule has 0 aromatic rings. The highest BCUT2D eigenvalue weighted by molar-refractivity contribution is 5.83. The number of esters is 3. The van der Waals surface area contributed by atoms with Crippen molar-refractivity contribution in [3.05, 3.63) is 24.3 Å². The first kappa shape index (κ1) is 44.0. The van der Waals surface area contributed by atoms with Crippen LogP contribution in [0.5, 0.6) is 0 Å². The monoisotopic (exact) mass is 598 g/mol. The Morgan fingerprint density at radius 2 is 1.64 bits per heavy atom. The van der Waals surface area contributed by atoms with Crippen LogP contribution in [0.2, 0.25) is 0 Å². The van der Waals surface area contributed by atoms with Gasteiger partial charge in [0.05, 0.1) is 25.7 Å². The molecule has 0 radical (unpaired) electrons. The van der Waals surface area contributed by atoms with Gasteiger partial charge in [0.1, 0.15) is 11.9 Å². The molecule has 8 nitrogen and oxygen atoms in total. The molecule has 0 spiro atoms. The van der Waals surface area contributed by atoms with E-state index < -0.39 is 29.1 Å². The van der Waals surface area contributed by atoms with Crippen LogP contribution in [0.1, 0.15) is 127 Å². The van der Waals surface area contributed by atoms with Crippen LogP contribution in [0.25, 0.3) is 0 Å². The summed E-state index contributed by atoms with van der Waals surface area (Å²) in [7, 11) is 2.74. The number of rotatable bonds is 14. The first-order chi connectivity index (χ1) is 19.3. The maximum Gasteiger partial charge on any atom is 0.330 e. The summed E-state index contributed by atoms with van der Waals surface area (Å²) in [6, 6.07) is 0. The standard InChI is InChI=1S/C21H34O6.C9H18O2.C3H6.CH4/c1-8-14(3)10-16-11-15(12-18(24)25-7)19(26-17(23)9-2)21(6,27-16)20(4,5)13-22;1-3-4-5-6-7-8-9(10)11-2;1-3-2;/h12-14,16,19H,8-11H2,1-7H3;3-8H2,1-2H3;3H,1H2,2H3;1H4/b15-12+;;;/t14?,16-,19+,21-;;;/m1.../s1. The molecule has 8 heteroatoms. The number of carbonyl (C=O) groups excluding carboxylic acids is 4. The Bertz CT molecular complexity index is 816. The molecule has 1 unspecified atom stereocenters. The fraction of sp³-hybridized carbons (Fsp3) is 0.765. The second-order valence-electron chi connectivity index (χ2n) is 11.3. The molecule has 42 heavy (non-hydrogen) atoms. The molecule has 0 aromatic carbocycles. The second kappa shape index (κ2) is 24.0. The van der Waals surface area contributed by atoms with Gasteiger partial charge in [0, 0.05) is 18.9 Å². The number of carbonyl (C=O) groups is 4. The highest BCUT2D eigenvalue weighted by atomic mass is 16.6. The lowest BCUT2D eigenvalue weighted by Crippen LogP contribution is -2.61. The van der Waals surface area contributed by atoms with Crippen molar-refractivity contribution in [2.24, 2.45) is 11.3 Å². The third-order valence-corrected chi connectivity index (χ3v) is 7.40. The van der Waals surface area contributed by atoms with Crippen molar-refractivity contribution in [1.29, 1.82) is 0 Å². The van der Waals surface area contributed by atoms with E-state index in [0.29, 0.717) is 24.3 Å². The number of ether oxygens (including phenoxy) is 4. The van der Waals surface area contributed by atoms with Crippen molar-refractivity contribution in [3.63, 3.8) is 0 Å². The predicted molar refractivity (Wildman–Crippen MR) is 170 cm³/mol. The van der Waals surface area contributed by atoms with Crippen molar-refractivity contribution in [1.82, 2.24) is 0 Å². The smallest absolute Gasteiger partial charge is 0.330 e. The van der Waals surface area contributed by atoms with Crippen molar-refractivity contribution in [2.75, 3.05) is 14.2 Å². The molecule has 0 aromatic heterocycles. The zero-order valence-corrected chi connectivity index (χ0v) is 27.5. The Hall–Kier alpha value is -2.48. The Morgan fingerprint density at radius 3 is 2.10 bits per heavy atom. The third-order valence-electron chi connectivity index (χ3n) is 7.40. The average molecular weight is 599 g/mol. The highest BCUT2D eigenvalue weighted by Crippen LogP contribution is 2.46. The van der Waals surface area contributed by atoms with E-state index in [0.717, 1.165) is 32.0 Å². The number of hydrogen-bond donors (Lipinski definition) is 0. The van der Waals surface area contributed by atoms with Gasteiger partial charge in [-0.25, -0.2) is 4.79 Å². The Kier molecular flexibility index (Phi) is 25.1. The summed E-state index contributed by atoms with van der Waals surface area (Å²) >= 11 is 0. The molecule has 1 heterocycles. The van der Waals surface area contributed by atoms with E-state index in [4.69, 9.17) is 14.2 Å². The lowest BCUT2D eigenvalue weighted by Gasteiger charge is -2.51.